The maximum absolute atomic E-state index is 12.2. The number of rotatable bonds is 5. The topological polar surface area (TPSA) is 58.2 Å². The van der Waals surface area contributed by atoms with Crippen LogP contribution in [0.2, 0.25) is 5.02 Å². The van der Waals surface area contributed by atoms with E-state index in [0.717, 1.165) is 11.3 Å². The third-order valence-electron chi connectivity index (χ3n) is 3.84. The SMILES string of the molecule is O=C(NCc1ccccc1Cl)c1ccc(C(=O)Nc2ccccc2)cc1. The molecule has 0 saturated carbocycles. The molecule has 0 aliphatic heterocycles. The highest BCUT2D eigenvalue weighted by atomic mass is 35.5. The Morgan fingerprint density at radius 2 is 1.31 bits per heavy atom. The van der Waals surface area contributed by atoms with Gasteiger partial charge >= 0.3 is 0 Å². The van der Waals surface area contributed by atoms with Crippen molar-refractivity contribution in [1.82, 2.24) is 5.32 Å². The van der Waals surface area contributed by atoms with Crippen LogP contribution in [0.1, 0.15) is 26.3 Å². The van der Waals surface area contributed by atoms with Crippen LogP contribution in [0.4, 0.5) is 5.69 Å². The Bertz CT molecular complexity index is 909. The standard InChI is InChI=1S/C21H17ClN2O2/c22-19-9-5-4-6-17(19)14-23-20(25)15-10-12-16(13-11-15)21(26)24-18-7-2-1-3-8-18/h1-13H,14H2,(H,23,25)(H,24,26). The highest BCUT2D eigenvalue weighted by Gasteiger charge is 2.10. The number of carbonyl (C=O) groups is 2. The van der Waals surface area contributed by atoms with Crippen molar-refractivity contribution in [3.8, 4) is 0 Å². The smallest absolute Gasteiger partial charge is 0.255 e. The monoisotopic (exact) mass is 364 g/mol. The lowest BCUT2D eigenvalue weighted by atomic mass is 10.1. The predicted molar refractivity (Wildman–Crippen MR) is 103 cm³/mol. The van der Waals surface area contributed by atoms with Crippen LogP contribution in [0, 0.1) is 0 Å². The van der Waals surface area contributed by atoms with Crippen LogP contribution < -0.4 is 10.6 Å². The van der Waals surface area contributed by atoms with E-state index in [1.54, 1.807) is 30.3 Å². The Hall–Kier alpha value is -3.11. The third-order valence-corrected chi connectivity index (χ3v) is 4.21. The summed E-state index contributed by atoms with van der Waals surface area (Å²) in [7, 11) is 0. The molecule has 0 atom stereocenters. The molecule has 2 N–H and O–H groups in total. The van der Waals surface area contributed by atoms with E-state index in [9.17, 15) is 9.59 Å². The molecule has 0 bridgehead atoms. The number of hydrogen-bond donors (Lipinski definition) is 2. The van der Waals surface area contributed by atoms with Gasteiger partial charge in [0.25, 0.3) is 11.8 Å². The number of carbonyl (C=O) groups excluding carboxylic acids is 2. The summed E-state index contributed by atoms with van der Waals surface area (Å²) < 4.78 is 0. The van der Waals surface area contributed by atoms with E-state index < -0.39 is 0 Å². The van der Waals surface area contributed by atoms with E-state index in [2.05, 4.69) is 10.6 Å². The lowest BCUT2D eigenvalue weighted by Crippen LogP contribution is -2.23. The minimum absolute atomic E-state index is 0.222. The Morgan fingerprint density at radius 1 is 0.731 bits per heavy atom. The summed E-state index contributed by atoms with van der Waals surface area (Å²) in [6.45, 7) is 0.342. The van der Waals surface area contributed by atoms with Crippen molar-refractivity contribution >= 4 is 29.1 Å². The summed E-state index contributed by atoms with van der Waals surface area (Å²) in [5.41, 5.74) is 2.53. The summed E-state index contributed by atoms with van der Waals surface area (Å²) in [6.07, 6.45) is 0. The van der Waals surface area contributed by atoms with Crippen LogP contribution in [0.15, 0.2) is 78.9 Å². The number of amides is 2. The summed E-state index contributed by atoms with van der Waals surface area (Å²) in [5.74, 6) is -0.445. The molecule has 3 aromatic rings. The maximum Gasteiger partial charge on any atom is 0.255 e. The van der Waals surface area contributed by atoms with Gasteiger partial charge in [0.05, 0.1) is 0 Å². The molecule has 130 valence electrons. The second-order valence-corrected chi connectivity index (χ2v) is 6.08. The summed E-state index contributed by atoms with van der Waals surface area (Å²) >= 11 is 6.08. The average molecular weight is 365 g/mol. The zero-order valence-electron chi connectivity index (χ0n) is 13.9. The van der Waals surface area contributed by atoms with E-state index in [-0.39, 0.29) is 11.8 Å². The number of hydrogen-bond acceptors (Lipinski definition) is 2. The zero-order valence-corrected chi connectivity index (χ0v) is 14.7. The molecule has 0 unspecified atom stereocenters. The lowest BCUT2D eigenvalue weighted by Gasteiger charge is -2.08. The molecule has 3 aromatic carbocycles. The first kappa shape index (κ1) is 17.7. The molecule has 0 aromatic heterocycles. The lowest BCUT2D eigenvalue weighted by molar-refractivity contribution is 0.0949. The predicted octanol–water partition coefficient (Wildman–Crippen LogP) is 4.52. The van der Waals surface area contributed by atoms with E-state index in [1.165, 1.54) is 0 Å². The van der Waals surface area contributed by atoms with Gasteiger partial charge in [-0.25, -0.2) is 0 Å². The molecule has 0 saturated heterocycles. The second-order valence-electron chi connectivity index (χ2n) is 5.67. The van der Waals surface area contributed by atoms with E-state index in [4.69, 9.17) is 11.6 Å². The number of halogens is 1. The molecule has 0 aliphatic carbocycles. The Balaban J connectivity index is 1.61. The van der Waals surface area contributed by atoms with Gasteiger partial charge in [-0.2, -0.15) is 0 Å². The molecule has 0 fully saturated rings. The molecule has 0 radical (unpaired) electrons. The van der Waals surface area contributed by atoms with Crippen molar-refractivity contribution < 1.29 is 9.59 Å². The van der Waals surface area contributed by atoms with Gasteiger partial charge in [0, 0.05) is 28.4 Å². The van der Waals surface area contributed by atoms with Crippen LogP contribution in [-0.2, 0) is 6.54 Å². The maximum atomic E-state index is 12.2. The van der Waals surface area contributed by atoms with Gasteiger partial charge in [-0.15, -0.1) is 0 Å². The van der Waals surface area contributed by atoms with Crippen molar-refractivity contribution in [3.63, 3.8) is 0 Å². The Kier molecular flexibility index (Phi) is 5.66. The normalized spacial score (nSPS) is 10.2. The first-order valence-corrected chi connectivity index (χ1v) is 8.49. The first-order chi connectivity index (χ1) is 12.6. The van der Waals surface area contributed by atoms with Crippen molar-refractivity contribution in [2.24, 2.45) is 0 Å². The third kappa shape index (κ3) is 4.49. The number of nitrogens with one attached hydrogen (secondary N) is 2. The van der Waals surface area contributed by atoms with Crippen LogP contribution in [0.25, 0.3) is 0 Å². The fourth-order valence-corrected chi connectivity index (χ4v) is 2.62. The molecule has 3 rings (SSSR count). The van der Waals surface area contributed by atoms with Crippen molar-refractivity contribution in [2.45, 2.75) is 6.54 Å². The summed E-state index contributed by atoms with van der Waals surface area (Å²) in [5, 5.41) is 6.24. The van der Waals surface area contributed by atoms with Gasteiger partial charge < -0.3 is 10.6 Å². The fourth-order valence-electron chi connectivity index (χ4n) is 2.42. The average Bonchev–Trinajstić information content (AvgIpc) is 2.68. The van der Waals surface area contributed by atoms with Crippen LogP contribution in [0.3, 0.4) is 0 Å². The molecule has 2 amide bonds. The van der Waals surface area contributed by atoms with Gasteiger partial charge in [-0.3, -0.25) is 9.59 Å². The molecular formula is C21H17ClN2O2. The summed E-state index contributed by atoms with van der Waals surface area (Å²) in [6, 6.07) is 23.1. The van der Waals surface area contributed by atoms with Crippen LogP contribution in [0.5, 0.6) is 0 Å². The minimum Gasteiger partial charge on any atom is -0.348 e. The van der Waals surface area contributed by atoms with Crippen LogP contribution >= 0.6 is 11.6 Å². The molecule has 0 spiro atoms. The van der Waals surface area contributed by atoms with Crippen molar-refractivity contribution in [3.05, 3.63) is 101 Å². The number of benzene rings is 3. The van der Waals surface area contributed by atoms with E-state index in [1.807, 2.05) is 48.5 Å². The molecule has 4 nitrogen and oxygen atoms in total. The van der Waals surface area contributed by atoms with Gasteiger partial charge in [-0.05, 0) is 48.0 Å². The minimum atomic E-state index is -0.223. The van der Waals surface area contributed by atoms with Gasteiger partial charge in [-0.1, -0.05) is 48.0 Å². The Labute approximate surface area is 156 Å². The van der Waals surface area contributed by atoms with Gasteiger partial charge in [0.15, 0.2) is 0 Å². The van der Waals surface area contributed by atoms with Crippen LogP contribution in [-0.4, -0.2) is 11.8 Å². The molecule has 5 heteroatoms. The number of para-hydroxylation sites is 1. The molecule has 0 heterocycles. The zero-order chi connectivity index (χ0) is 18.4. The van der Waals surface area contributed by atoms with Crippen molar-refractivity contribution in [2.75, 3.05) is 5.32 Å². The van der Waals surface area contributed by atoms with Crippen molar-refractivity contribution in [1.29, 1.82) is 0 Å². The van der Waals surface area contributed by atoms with E-state index >= 15 is 0 Å². The largest absolute Gasteiger partial charge is 0.348 e. The molecule has 26 heavy (non-hydrogen) atoms. The fraction of sp³-hybridized carbons (Fsp3) is 0.0476. The Morgan fingerprint density at radius 3 is 1.96 bits per heavy atom. The molecule has 0 aliphatic rings. The van der Waals surface area contributed by atoms with Gasteiger partial charge in [0.1, 0.15) is 0 Å². The number of anilines is 1. The first-order valence-electron chi connectivity index (χ1n) is 8.11. The summed E-state index contributed by atoms with van der Waals surface area (Å²) in [4.78, 5) is 24.5. The molecular weight excluding hydrogens is 348 g/mol. The van der Waals surface area contributed by atoms with E-state index in [0.29, 0.717) is 22.7 Å². The van der Waals surface area contributed by atoms with Gasteiger partial charge in [0.2, 0.25) is 0 Å². The highest BCUT2D eigenvalue weighted by molar-refractivity contribution is 6.31. The second kappa shape index (κ2) is 8.32. The highest BCUT2D eigenvalue weighted by Crippen LogP contribution is 2.15. The quantitative estimate of drug-likeness (QED) is 0.699.